The van der Waals surface area contributed by atoms with Crippen molar-refractivity contribution in [1.82, 2.24) is 0 Å². The van der Waals surface area contributed by atoms with Crippen LogP contribution in [0.15, 0.2) is 66.7 Å². The van der Waals surface area contributed by atoms with E-state index in [4.69, 9.17) is 25.2 Å². The third-order valence-corrected chi connectivity index (χ3v) is 7.96. The van der Waals surface area contributed by atoms with Crippen LogP contribution in [0.2, 0.25) is 0 Å². The summed E-state index contributed by atoms with van der Waals surface area (Å²) in [5, 5.41) is 54.9. The molecule has 0 unspecified atom stereocenters. The van der Waals surface area contributed by atoms with E-state index in [0.717, 1.165) is 6.07 Å². The zero-order valence-electron chi connectivity index (χ0n) is 26.8. The first kappa shape index (κ1) is 41.4. The molecule has 0 spiro atoms. The minimum Gasteiger partial charge on any atom is -0.505 e. The van der Waals surface area contributed by atoms with Crippen LogP contribution in [0.1, 0.15) is 41.5 Å². The lowest BCUT2D eigenvalue weighted by Crippen LogP contribution is -2.45. The number of phenols is 1. The maximum Gasteiger partial charge on any atom is 0.488 e. The van der Waals surface area contributed by atoms with Gasteiger partial charge in [0.2, 0.25) is 0 Å². The minimum absolute atomic E-state index is 0.102. The average Bonchev–Trinajstić information content (AvgIpc) is 3.42. The number of carbonyl (C=O) groups excluding carboxylic acids is 2. The quantitative estimate of drug-likeness (QED) is 0.0784. The zero-order chi connectivity index (χ0) is 37.0. The van der Waals surface area contributed by atoms with Gasteiger partial charge in [-0.3, -0.25) is 9.59 Å². The molecule has 0 amide bonds. The van der Waals surface area contributed by atoms with Gasteiger partial charge in [0.1, 0.15) is 29.0 Å². The van der Waals surface area contributed by atoms with E-state index in [-0.39, 0.29) is 46.5 Å². The van der Waals surface area contributed by atoms with Crippen molar-refractivity contribution in [3.05, 3.63) is 112 Å². The van der Waals surface area contributed by atoms with Gasteiger partial charge in [-0.05, 0) is 96.2 Å². The van der Waals surface area contributed by atoms with Gasteiger partial charge in [-0.15, -0.1) is 0 Å². The van der Waals surface area contributed by atoms with Crippen LogP contribution in [0.4, 0.5) is 17.6 Å². The normalized spacial score (nSPS) is 11.8. The van der Waals surface area contributed by atoms with Crippen LogP contribution in [0.5, 0.6) is 5.75 Å². The molecule has 4 aromatic carbocycles. The second kappa shape index (κ2) is 19.4. The van der Waals surface area contributed by atoms with Crippen molar-refractivity contribution in [1.29, 1.82) is 0 Å². The average molecular weight is 747 g/mol. The van der Waals surface area contributed by atoms with Crippen molar-refractivity contribution >= 4 is 70.5 Å². The van der Waals surface area contributed by atoms with Crippen LogP contribution >= 0.6 is 15.9 Å². The lowest BCUT2D eigenvalue weighted by Gasteiger charge is -2.13. The highest BCUT2D eigenvalue weighted by molar-refractivity contribution is 9.08. The summed E-state index contributed by atoms with van der Waals surface area (Å²) >= 11 is 3.12. The van der Waals surface area contributed by atoms with Gasteiger partial charge in [0.25, 0.3) is 0 Å². The number of hydrogen-bond donors (Lipinski definition) is 6. The predicted molar refractivity (Wildman–Crippen MR) is 185 cm³/mol. The van der Waals surface area contributed by atoms with E-state index in [1.54, 1.807) is 26.0 Å². The molecular weight excluding hydrogens is 713 g/mol. The molecule has 16 heteroatoms. The predicted octanol–water partition coefficient (Wildman–Crippen LogP) is 1.91. The number of aryl methyl sites for hydroxylation is 2. The molecule has 1 aliphatic rings. The third-order valence-electron chi connectivity index (χ3n) is 7.36. The lowest BCUT2D eigenvalue weighted by molar-refractivity contribution is -0.121. The number of carbonyl (C=O) groups is 2. The Balaban J connectivity index is 0.000000238. The number of ketones is 2. The van der Waals surface area contributed by atoms with Crippen LogP contribution in [0, 0.1) is 44.0 Å². The molecule has 0 atom stereocenters. The molecule has 0 saturated heterocycles. The van der Waals surface area contributed by atoms with Gasteiger partial charge in [-0.25, -0.2) is 17.6 Å². The molecule has 6 N–H and O–H groups in total. The summed E-state index contributed by atoms with van der Waals surface area (Å²) in [7, 11) is -3.23. The molecule has 1 saturated carbocycles. The number of halogens is 5. The molecule has 1 fully saturated rings. The molecule has 4 aromatic rings. The number of phenolic OH excluding ortho intramolecular Hbond substituents is 1. The van der Waals surface area contributed by atoms with Gasteiger partial charge in [0.15, 0.2) is 11.6 Å². The van der Waals surface area contributed by atoms with E-state index >= 15 is 0 Å². The molecule has 0 aromatic heterocycles. The Bertz CT molecular complexity index is 1700. The molecule has 49 heavy (non-hydrogen) atoms. The van der Waals surface area contributed by atoms with Crippen LogP contribution in [-0.2, 0) is 14.9 Å². The van der Waals surface area contributed by atoms with Crippen molar-refractivity contribution < 1.29 is 57.4 Å². The van der Waals surface area contributed by atoms with Crippen LogP contribution in [0.25, 0.3) is 0 Å². The van der Waals surface area contributed by atoms with Crippen molar-refractivity contribution in [3.8, 4) is 5.75 Å². The van der Waals surface area contributed by atoms with Gasteiger partial charge >= 0.3 is 21.2 Å². The number of rotatable bonds is 5. The number of hydrogen-bond acceptors (Lipinski definition) is 8. The Hall–Kier alpha value is -3.79. The smallest absolute Gasteiger partial charge is 0.488 e. The van der Waals surface area contributed by atoms with E-state index in [1.807, 2.05) is 0 Å². The molecule has 0 bridgehead atoms. The van der Waals surface area contributed by atoms with Crippen molar-refractivity contribution in [2.24, 2.45) is 0 Å². The molecule has 258 valence electrons. The Morgan fingerprint density at radius 2 is 1.04 bits per heavy atom. The lowest BCUT2D eigenvalue weighted by atomic mass is 9.53. The summed E-state index contributed by atoms with van der Waals surface area (Å²) in [6, 6.07) is 14.5. The Kier molecular flexibility index (Phi) is 16.4. The Morgan fingerprint density at radius 1 is 0.633 bits per heavy atom. The van der Waals surface area contributed by atoms with Crippen molar-refractivity contribution in [3.63, 3.8) is 0 Å². The molecule has 0 aliphatic heterocycles. The first-order chi connectivity index (χ1) is 23.0. The number of benzene rings is 4. The molecule has 8 nitrogen and oxygen atoms in total. The summed E-state index contributed by atoms with van der Waals surface area (Å²) in [5.41, 5.74) is 3.73. The fraction of sp³-hybridized carbons (Fsp3) is 0.212. The second-order valence-electron chi connectivity index (χ2n) is 11.0. The summed E-state index contributed by atoms with van der Waals surface area (Å²) in [5.74, 6) is -2.15. The SMILES string of the molecule is Cc1c(B(O)O)ccc(F)c1O.Cc1cc(F)ccc1B(O)c1ccc(F)cc1C.O=C1CCC(=O)C1.OB(O)c1ccc(F)cc1CBr. The Morgan fingerprint density at radius 3 is 1.41 bits per heavy atom. The molecule has 5 rings (SSSR count). The van der Waals surface area contributed by atoms with Gasteiger partial charge in [-0.2, -0.15) is 0 Å². The van der Waals surface area contributed by atoms with Gasteiger partial charge < -0.3 is 30.2 Å². The maximum absolute atomic E-state index is 13.0. The molecule has 1 aliphatic carbocycles. The minimum atomic E-state index is -1.68. The fourth-order valence-corrected chi connectivity index (χ4v) is 5.12. The van der Waals surface area contributed by atoms with Crippen LogP contribution in [0.3, 0.4) is 0 Å². The monoisotopic (exact) mass is 746 g/mol. The third kappa shape index (κ3) is 12.6. The van der Waals surface area contributed by atoms with Gasteiger partial charge in [-0.1, -0.05) is 51.3 Å². The summed E-state index contributed by atoms with van der Waals surface area (Å²) in [6.45, 7) is 4.01. The highest BCUT2D eigenvalue weighted by Crippen LogP contribution is 2.18. The van der Waals surface area contributed by atoms with E-state index in [0.29, 0.717) is 51.3 Å². The topological polar surface area (TPSA) is 156 Å². The first-order valence-electron chi connectivity index (χ1n) is 14.7. The zero-order valence-corrected chi connectivity index (χ0v) is 28.4. The van der Waals surface area contributed by atoms with Crippen LogP contribution in [-0.4, -0.2) is 62.9 Å². The van der Waals surface area contributed by atoms with Crippen molar-refractivity contribution in [2.75, 3.05) is 0 Å². The highest BCUT2D eigenvalue weighted by Gasteiger charge is 2.22. The summed E-state index contributed by atoms with van der Waals surface area (Å²) < 4.78 is 51.3. The highest BCUT2D eigenvalue weighted by atomic mass is 79.9. The Labute approximate surface area is 290 Å². The molecule has 0 heterocycles. The van der Waals surface area contributed by atoms with E-state index in [9.17, 15) is 32.2 Å². The largest absolute Gasteiger partial charge is 0.505 e. The standard InChI is InChI=1S/C14H13BF2O.C7H7BBrFO2.C7H8BFO3.C5H6O2/c1-9-7-11(16)3-5-13(9)15(18)14-6-4-12(17)8-10(14)2;9-4-5-3-6(10)1-2-7(5)8(11)12;1-4-5(8(11)12)2-3-6(9)7(4)10;6-4-1-2-5(7)3-4/h3-8,18H,1-2H3;1-3,11-12H,4H2;2-3,10-12H,1H3;1-3H2. The molecule has 0 radical (unpaired) electrons. The number of aromatic hydroxyl groups is 1. The van der Waals surface area contributed by atoms with Crippen molar-refractivity contribution in [2.45, 2.75) is 45.4 Å². The van der Waals surface area contributed by atoms with E-state index in [1.165, 1.54) is 55.5 Å². The van der Waals surface area contributed by atoms with Crippen LogP contribution < -0.4 is 21.9 Å². The second-order valence-corrected chi connectivity index (χ2v) is 11.6. The fourth-order valence-electron chi connectivity index (χ4n) is 4.64. The summed E-state index contributed by atoms with van der Waals surface area (Å²) in [4.78, 5) is 20.5. The van der Waals surface area contributed by atoms with Gasteiger partial charge in [0, 0.05) is 18.2 Å². The van der Waals surface area contributed by atoms with E-state index in [2.05, 4.69) is 15.9 Å². The first-order valence-corrected chi connectivity index (χ1v) is 15.9. The van der Waals surface area contributed by atoms with Gasteiger partial charge in [0.05, 0.1) is 6.42 Å². The molecular formula is C33H34B3BrF4O8. The van der Waals surface area contributed by atoms with E-state index < -0.39 is 32.7 Å². The number of Topliss-reactive ketones (excluding diaryl/α,β-unsaturated/α-hetero) is 2. The summed E-state index contributed by atoms with van der Waals surface area (Å²) in [6.07, 6.45) is 1.16. The maximum atomic E-state index is 13.0. The number of alkyl halides is 1.